The van der Waals surface area contributed by atoms with E-state index >= 15 is 0 Å². The second-order valence-electron chi connectivity index (χ2n) is 1.40. The summed E-state index contributed by atoms with van der Waals surface area (Å²) in [5.41, 5.74) is 0. The van der Waals surface area contributed by atoms with Crippen LogP contribution in [0.2, 0.25) is 0 Å². The smallest absolute Gasteiger partial charge is 1.00 e. The van der Waals surface area contributed by atoms with E-state index in [2.05, 4.69) is 20.4 Å². The van der Waals surface area contributed by atoms with Gasteiger partial charge in [0.2, 0.25) is 0 Å². The molecule has 2 heteroatoms. The molecule has 0 aromatic carbocycles. The van der Waals surface area contributed by atoms with Gasteiger partial charge in [0.25, 0.3) is 0 Å². The van der Waals surface area contributed by atoms with E-state index < -0.39 is 0 Å². The molecule has 0 fully saturated rings. The topological polar surface area (TPSA) is 0 Å². The van der Waals surface area contributed by atoms with Gasteiger partial charge in [-0.3, -0.25) is 0 Å². The Hall–Kier alpha value is 0.986. The molecule has 0 saturated carbocycles. The normalized spacial score (nSPS) is 10.2. The first-order valence-corrected chi connectivity index (χ1v) is 2.27. The zero-order valence-electron chi connectivity index (χ0n) is 5.36. The summed E-state index contributed by atoms with van der Waals surface area (Å²) in [6, 6.07) is 0. The minimum atomic E-state index is 0. The van der Waals surface area contributed by atoms with Crippen LogP contribution in [0, 0.1) is 12.8 Å². The maximum absolute atomic E-state index is 3.76. The summed E-state index contributed by atoms with van der Waals surface area (Å²) < 4.78 is 0. The summed E-state index contributed by atoms with van der Waals surface area (Å²) >= 11 is 0. The Morgan fingerprint density at radius 2 is 2.12 bits per heavy atom. The van der Waals surface area contributed by atoms with E-state index in [4.69, 9.17) is 0 Å². The van der Waals surface area contributed by atoms with Gasteiger partial charge in [0, 0.05) is 0 Å². The molecule has 0 spiro atoms. The minimum absolute atomic E-state index is 0. The van der Waals surface area contributed by atoms with Crippen molar-refractivity contribution >= 4 is 23.1 Å². The fourth-order valence-corrected chi connectivity index (χ4v) is 0.167. The maximum Gasteiger partial charge on any atom is 2.00 e. The minimum Gasteiger partial charge on any atom is -1.00 e. The molecule has 0 amide bonds. The molecule has 0 N–H and O–H groups in total. The average Bonchev–Trinajstić information content (AvgIpc) is 1.65. The number of hydrogen-bond acceptors (Lipinski definition) is 0. The van der Waals surface area contributed by atoms with Crippen molar-refractivity contribution in [3.8, 4) is 0 Å². The van der Waals surface area contributed by atoms with Crippen LogP contribution in [-0.4, -0.2) is 23.1 Å². The predicted molar refractivity (Wildman–Crippen MR) is 35.1 cm³/mol. The quantitative estimate of drug-likeness (QED) is 0.285. The standard InChI is InChI=1S/C6H11.BrH.Mg/c1-4-6(3)5-2;;/h4,6H,1,3,5H2,2H3;1H;/q-1;;+2/p-1. The van der Waals surface area contributed by atoms with Crippen molar-refractivity contribution in [2.45, 2.75) is 13.3 Å². The van der Waals surface area contributed by atoms with Gasteiger partial charge in [-0.1, -0.05) is 13.3 Å². The Morgan fingerprint density at radius 1 is 1.75 bits per heavy atom. The van der Waals surface area contributed by atoms with Crippen LogP contribution >= 0.6 is 0 Å². The van der Waals surface area contributed by atoms with E-state index in [1.165, 1.54) is 0 Å². The molecule has 0 saturated heterocycles. The van der Waals surface area contributed by atoms with Crippen molar-refractivity contribution in [2.24, 2.45) is 5.92 Å². The Morgan fingerprint density at radius 3 is 2.12 bits per heavy atom. The molecule has 44 valence electrons. The summed E-state index contributed by atoms with van der Waals surface area (Å²) in [6.07, 6.45) is 2.96. The van der Waals surface area contributed by atoms with Crippen LogP contribution in [0.25, 0.3) is 0 Å². The third kappa shape index (κ3) is 10.1. The molecule has 0 aliphatic heterocycles. The molecule has 0 rings (SSSR count). The summed E-state index contributed by atoms with van der Waals surface area (Å²) in [6.45, 7) is 9.42. The Labute approximate surface area is 78.7 Å². The van der Waals surface area contributed by atoms with Crippen molar-refractivity contribution in [2.75, 3.05) is 0 Å². The third-order valence-corrected chi connectivity index (χ3v) is 0.858. The van der Waals surface area contributed by atoms with Gasteiger partial charge in [-0.05, 0) is 0 Å². The van der Waals surface area contributed by atoms with Crippen LogP contribution in [0.15, 0.2) is 12.7 Å². The molecule has 8 heavy (non-hydrogen) atoms. The fraction of sp³-hybridized carbons (Fsp3) is 0.500. The zero-order chi connectivity index (χ0) is 4.99. The Balaban J connectivity index is -0.000000125. The van der Waals surface area contributed by atoms with Gasteiger partial charge in [0.1, 0.15) is 0 Å². The van der Waals surface area contributed by atoms with E-state index in [1.54, 1.807) is 0 Å². The van der Waals surface area contributed by atoms with E-state index in [1.807, 2.05) is 6.08 Å². The average molecular weight is 187 g/mol. The van der Waals surface area contributed by atoms with Crippen LogP contribution in [0.1, 0.15) is 13.3 Å². The SMILES string of the molecule is C=CC([CH2-])CC.[Br-].[Mg+2]. The molecule has 0 aromatic rings. The number of rotatable bonds is 2. The first-order chi connectivity index (χ1) is 2.81. The monoisotopic (exact) mass is 186 g/mol. The molecule has 0 bridgehead atoms. The van der Waals surface area contributed by atoms with Crippen LogP contribution < -0.4 is 17.0 Å². The van der Waals surface area contributed by atoms with Gasteiger partial charge in [0.05, 0.1) is 0 Å². The summed E-state index contributed by atoms with van der Waals surface area (Å²) in [5, 5.41) is 0. The molecule has 1 unspecified atom stereocenters. The molecule has 0 aliphatic rings. The molecule has 0 aliphatic carbocycles. The second-order valence-corrected chi connectivity index (χ2v) is 1.40. The van der Waals surface area contributed by atoms with Gasteiger partial charge in [-0.25, -0.2) is 0 Å². The first-order valence-electron chi connectivity index (χ1n) is 2.27. The summed E-state index contributed by atoms with van der Waals surface area (Å²) in [4.78, 5) is 0. The first kappa shape index (κ1) is 16.0. The van der Waals surface area contributed by atoms with Gasteiger partial charge in [-0.2, -0.15) is 5.92 Å². The molecule has 0 radical (unpaired) electrons. The number of halogens is 1. The van der Waals surface area contributed by atoms with Crippen molar-refractivity contribution < 1.29 is 17.0 Å². The molecule has 1 atom stereocenters. The predicted octanol–water partition coefficient (Wildman–Crippen LogP) is -1.34. The van der Waals surface area contributed by atoms with Gasteiger partial charge >= 0.3 is 23.1 Å². The van der Waals surface area contributed by atoms with E-state index in [0.29, 0.717) is 5.92 Å². The van der Waals surface area contributed by atoms with E-state index in [0.717, 1.165) is 6.42 Å². The van der Waals surface area contributed by atoms with Gasteiger partial charge in [-0.15, -0.1) is 12.7 Å². The van der Waals surface area contributed by atoms with Crippen LogP contribution in [0.4, 0.5) is 0 Å². The van der Waals surface area contributed by atoms with Crippen molar-refractivity contribution in [3.05, 3.63) is 19.6 Å². The largest absolute Gasteiger partial charge is 2.00 e. The molecular formula is C6H11BrMg. The van der Waals surface area contributed by atoms with Crippen LogP contribution in [-0.2, 0) is 0 Å². The summed E-state index contributed by atoms with van der Waals surface area (Å²) in [7, 11) is 0. The van der Waals surface area contributed by atoms with E-state index in [-0.39, 0.29) is 40.0 Å². The Kier molecular flexibility index (Phi) is 21.7. The second kappa shape index (κ2) is 10.9. The Bertz CT molecular complexity index is 45.8. The van der Waals surface area contributed by atoms with Gasteiger partial charge < -0.3 is 23.9 Å². The number of hydrogen-bond donors (Lipinski definition) is 0. The fourth-order valence-electron chi connectivity index (χ4n) is 0.167. The van der Waals surface area contributed by atoms with Crippen LogP contribution in [0.5, 0.6) is 0 Å². The van der Waals surface area contributed by atoms with Crippen LogP contribution in [0.3, 0.4) is 0 Å². The zero-order valence-corrected chi connectivity index (χ0v) is 8.36. The molecule has 0 nitrogen and oxygen atoms in total. The summed E-state index contributed by atoms with van der Waals surface area (Å²) in [5.74, 6) is 0.449. The van der Waals surface area contributed by atoms with Crippen molar-refractivity contribution in [3.63, 3.8) is 0 Å². The third-order valence-electron chi connectivity index (χ3n) is 0.858. The van der Waals surface area contributed by atoms with Gasteiger partial charge in [0.15, 0.2) is 0 Å². The molecular weight excluding hydrogens is 176 g/mol. The van der Waals surface area contributed by atoms with Crippen molar-refractivity contribution in [1.82, 2.24) is 0 Å². The number of allylic oxidation sites excluding steroid dienone is 1. The van der Waals surface area contributed by atoms with Crippen molar-refractivity contribution in [1.29, 1.82) is 0 Å². The maximum atomic E-state index is 3.76. The molecule has 0 heterocycles. The molecule has 0 aromatic heterocycles. The van der Waals surface area contributed by atoms with E-state index in [9.17, 15) is 0 Å².